The van der Waals surface area contributed by atoms with E-state index in [0.717, 1.165) is 29.8 Å². The molecule has 0 aromatic heterocycles. The maximum absolute atomic E-state index is 9.77. The molecule has 1 aliphatic heterocycles. The summed E-state index contributed by atoms with van der Waals surface area (Å²) in [6.07, 6.45) is 2.47. The minimum Gasteiger partial charge on any atom is -0.507 e. The van der Waals surface area contributed by atoms with Crippen molar-refractivity contribution in [1.82, 2.24) is 4.90 Å². The molecule has 0 spiro atoms. The minimum atomic E-state index is 0.371. The first-order valence-corrected chi connectivity index (χ1v) is 7.31. The molecule has 1 aromatic carbocycles. The van der Waals surface area contributed by atoms with Gasteiger partial charge in [0.1, 0.15) is 5.75 Å². The highest BCUT2D eigenvalue weighted by Gasteiger charge is 2.17. The predicted octanol–water partition coefficient (Wildman–Crippen LogP) is 2.56. The summed E-state index contributed by atoms with van der Waals surface area (Å²) in [5.41, 5.74) is 8.96. The molecule has 20 heavy (non-hydrogen) atoms. The molecule has 0 amide bonds. The van der Waals surface area contributed by atoms with Crippen molar-refractivity contribution in [2.24, 2.45) is 16.6 Å². The maximum atomic E-state index is 9.77. The molecular weight excluding hydrogens is 250 g/mol. The average molecular weight is 275 g/mol. The summed E-state index contributed by atoms with van der Waals surface area (Å²) in [7, 11) is 0. The average Bonchev–Trinajstić information content (AvgIpc) is 2.42. The highest BCUT2D eigenvalue weighted by Crippen LogP contribution is 2.23. The Hall–Kier alpha value is -1.71. The second-order valence-electron chi connectivity index (χ2n) is 5.95. The number of likely N-dealkylation sites (tertiary alicyclic amines) is 1. The number of aromatic hydroxyl groups is 1. The zero-order chi connectivity index (χ0) is 14.7. The number of aliphatic imine (C=N–C) groups is 1. The van der Waals surface area contributed by atoms with E-state index in [4.69, 9.17) is 5.73 Å². The Balaban J connectivity index is 2.04. The van der Waals surface area contributed by atoms with Gasteiger partial charge >= 0.3 is 0 Å². The minimum absolute atomic E-state index is 0.371. The molecule has 4 heteroatoms. The number of guanidine groups is 1. The zero-order valence-corrected chi connectivity index (χ0v) is 12.7. The molecule has 1 fully saturated rings. The lowest BCUT2D eigenvalue weighted by Crippen LogP contribution is -2.43. The molecule has 1 atom stereocenters. The first kappa shape index (κ1) is 14.7. The number of nitrogens with two attached hydrogens (primary N) is 1. The van der Waals surface area contributed by atoms with Crippen LogP contribution in [0.3, 0.4) is 0 Å². The van der Waals surface area contributed by atoms with E-state index in [1.54, 1.807) is 0 Å². The summed E-state index contributed by atoms with van der Waals surface area (Å²) < 4.78 is 0. The van der Waals surface area contributed by atoms with Gasteiger partial charge in [0.15, 0.2) is 5.96 Å². The summed E-state index contributed by atoms with van der Waals surface area (Å²) in [6, 6.07) is 3.94. The lowest BCUT2D eigenvalue weighted by Gasteiger charge is -2.31. The molecule has 0 saturated carbocycles. The number of nitrogens with zero attached hydrogens (tertiary/aromatic N) is 2. The van der Waals surface area contributed by atoms with Gasteiger partial charge in [0.25, 0.3) is 0 Å². The number of piperidine rings is 1. The second kappa shape index (κ2) is 6.16. The van der Waals surface area contributed by atoms with Gasteiger partial charge in [0.05, 0.1) is 6.54 Å². The Kier molecular flexibility index (Phi) is 4.53. The Morgan fingerprint density at radius 2 is 2.05 bits per heavy atom. The van der Waals surface area contributed by atoms with Crippen LogP contribution in [0.5, 0.6) is 5.75 Å². The van der Waals surface area contributed by atoms with E-state index in [0.29, 0.717) is 24.2 Å². The second-order valence-corrected chi connectivity index (χ2v) is 5.95. The molecule has 1 aromatic rings. The van der Waals surface area contributed by atoms with Crippen LogP contribution in [-0.4, -0.2) is 29.1 Å². The summed E-state index contributed by atoms with van der Waals surface area (Å²) in [6.45, 7) is 8.65. The normalized spacial score (nSPS) is 20.2. The molecule has 2 rings (SSSR count). The number of phenolic OH excluding ortho intramolecular Hbond substituents is 1. The SMILES string of the molecule is Cc1cc(CN=C(N)N2CCCC(C)C2)cc(C)c1O. The molecule has 0 aliphatic carbocycles. The first-order valence-electron chi connectivity index (χ1n) is 7.31. The van der Waals surface area contributed by atoms with Crippen LogP contribution in [-0.2, 0) is 6.54 Å². The molecule has 1 aliphatic rings. The van der Waals surface area contributed by atoms with E-state index in [2.05, 4.69) is 16.8 Å². The van der Waals surface area contributed by atoms with Gasteiger partial charge in [-0.3, -0.25) is 0 Å². The lowest BCUT2D eigenvalue weighted by atomic mass is 10.0. The Labute approximate surface area is 121 Å². The molecule has 1 saturated heterocycles. The van der Waals surface area contributed by atoms with E-state index >= 15 is 0 Å². The van der Waals surface area contributed by atoms with Crippen LogP contribution in [0.1, 0.15) is 36.5 Å². The third-order valence-corrected chi connectivity index (χ3v) is 3.96. The molecule has 0 radical (unpaired) electrons. The zero-order valence-electron chi connectivity index (χ0n) is 12.7. The monoisotopic (exact) mass is 275 g/mol. The van der Waals surface area contributed by atoms with E-state index in [-0.39, 0.29) is 0 Å². The van der Waals surface area contributed by atoms with E-state index in [1.807, 2.05) is 26.0 Å². The van der Waals surface area contributed by atoms with Crippen molar-refractivity contribution in [2.45, 2.75) is 40.2 Å². The van der Waals surface area contributed by atoms with E-state index in [9.17, 15) is 5.11 Å². The van der Waals surface area contributed by atoms with E-state index in [1.165, 1.54) is 12.8 Å². The molecule has 110 valence electrons. The van der Waals surface area contributed by atoms with Gasteiger partial charge in [-0.2, -0.15) is 0 Å². The quantitative estimate of drug-likeness (QED) is 0.644. The van der Waals surface area contributed by atoms with Gasteiger partial charge in [0.2, 0.25) is 0 Å². The standard InChI is InChI=1S/C16H25N3O/c1-11-5-4-6-19(10-11)16(17)18-9-14-7-12(2)15(20)13(3)8-14/h7-8,11,20H,4-6,9-10H2,1-3H3,(H2,17,18). The van der Waals surface area contributed by atoms with Crippen LogP contribution in [0.15, 0.2) is 17.1 Å². The Morgan fingerprint density at radius 1 is 1.40 bits per heavy atom. The summed E-state index contributed by atoms with van der Waals surface area (Å²) >= 11 is 0. The van der Waals surface area contributed by atoms with Crippen molar-refractivity contribution < 1.29 is 5.11 Å². The number of benzene rings is 1. The largest absolute Gasteiger partial charge is 0.507 e. The molecule has 4 nitrogen and oxygen atoms in total. The van der Waals surface area contributed by atoms with Gasteiger partial charge in [0, 0.05) is 13.1 Å². The first-order chi connectivity index (χ1) is 9.47. The van der Waals surface area contributed by atoms with Gasteiger partial charge < -0.3 is 15.7 Å². The number of hydrogen-bond donors (Lipinski definition) is 2. The molecular formula is C16H25N3O. The van der Waals surface area contributed by atoms with Crippen LogP contribution in [0.25, 0.3) is 0 Å². The van der Waals surface area contributed by atoms with Crippen molar-refractivity contribution in [3.8, 4) is 5.75 Å². The number of rotatable bonds is 2. The van der Waals surface area contributed by atoms with Crippen molar-refractivity contribution >= 4 is 5.96 Å². The van der Waals surface area contributed by atoms with Crippen LogP contribution < -0.4 is 5.73 Å². The fourth-order valence-corrected chi connectivity index (χ4v) is 2.81. The van der Waals surface area contributed by atoms with Crippen LogP contribution in [0, 0.1) is 19.8 Å². The highest BCUT2D eigenvalue weighted by atomic mass is 16.3. The summed E-state index contributed by atoms with van der Waals surface area (Å²) in [5.74, 6) is 1.70. The van der Waals surface area contributed by atoms with Gasteiger partial charge in [-0.15, -0.1) is 0 Å². The third kappa shape index (κ3) is 3.44. The topological polar surface area (TPSA) is 61.8 Å². The number of phenols is 1. The Bertz CT molecular complexity index is 487. The van der Waals surface area contributed by atoms with Gasteiger partial charge in [-0.25, -0.2) is 4.99 Å². The van der Waals surface area contributed by atoms with Crippen molar-refractivity contribution in [3.05, 3.63) is 28.8 Å². The maximum Gasteiger partial charge on any atom is 0.191 e. The van der Waals surface area contributed by atoms with Crippen LogP contribution in [0.4, 0.5) is 0 Å². The fraction of sp³-hybridized carbons (Fsp3) is 0.562. The molecule has 3 N–H and O–H groups in total. The third-order valence-electron chi connectivity index (χ3n) is 3.96. The van der Waals surface area contributed by atoms with Gasteiger partial charge in [-0.05, 0) is 49.3 Å². The van der Waals surface area contributed by atoms with Crippen molar-refractivity contribution in [3.63, 3.8) is 0 Å². The molecule has 1 heterocycles. The number of aryl methyl sites for hydroxylation is 2. The summed E-state index contributed by atoms with van der Waals surface area (Å²) in [5, 5.41) is 9.77. The highest BCUT2D eigenvalue weighted by molar-refractivity contribution is 5.78. The lowest BCUT2D eigenvalue weighted by molar-refractivity contribution is 0.270. The van der Waals surface area contributed by atoms with Crippen molar-refractivity contribution in [1.29, 1.82) is 0 Å². The van der Waals surface area contributed by atoms with Crippen LogP contribution in [0.2, 0.25) is 0 Å². The predicted molar refractivity (Wildman–Crippen MR) is 82.9 cm³/mol. The molecule has 1 unspecified atom stereocenters. The summed E-state index contributed by atoms with van der Waals surface area (Å²) in [4.78, 5) is 6.68. The van der Waals surface area contributed by atoms with Crippen molar-refractivity contribution in [2.75, 3.05) is 13.1 Å². The van der Waals surface area contributed by atoms with E-state index < -0.39 is 0 Å². The van der Waals surface area contributed by atoms with Crippen LogP contribution >= 0.6 is 0 Å². The van der Waals surface area contributed by atoms with Gasteiger partial charge in [-0.1, -0.05) is 19.1 Å². The number of hydrogen-bond acceptors (Lipinski definition) is 2. The Morgan fingerprint density at radius 3 is 2.65 bits per heavy atom. The smallest absolute Gasteiger partial charge is 0.191 e. The fourth-order valence-electron chi connectivity index (χ4n) is 2.81. The molecule has 0 bridgehead atoms.